The van der Waals surface area contributed by atoms with Crippen LogP contribution >= 0.6 is 11.6 Å². The van der Waals surface area contributed by atoms with Crippen LogP contribution in [-0.4, -0.2) is 6.04 Å². The van der Waals surface area contributed by atoms with Crippen molar-refractivity contribution in [2.45, 2.75) is 58.0 Å². The molecule has 0 spiro atoms. The van der Waals surface area contributed by atoms with E-state index in [0.717, 1.165) is 18.0 Å². The van der Waals surface area contributed by atoms with Crippen LogP contribution in [-0.2, 0) is 6.54 Å². The summed E-state index contributed by atoms with van der Waals surface area (Å²) >= 11 is 5.68. The Morgan fingerprint density at radius 1 is 1.26 bits per heavy atom. The first kappa shape index (κ1) is 14.8. The first-order valence-electron chi connectivity index (χ1n) is 7.36. The van der Waals surface area contributed by atoms with Crippen molar-refractivity contribution in [2.24, 2.45) is 5.92 Å². The number of nitrogens with one attached hydrogen (secondary N) is 1. The quantitative estimate of drug-likeness (QED) is 0.808. The summed E-state index contributed by atoms with van der Waals surface area (Å²) < 4.78 is 13.3. The standard InChI is InChI=1S/C16H23ClFN/c1-2-3-12-4-7-14(8-5-12)19-11-13-6-9-15(17)16(18)10-13/h6,9-10,12,14,19H,2-5,7-8,11H2,1H3. The predicted molar refractivity (Wildman–Crippen MR) is 78.9 cm³/mol. The van der Waals surface area contributed by atoms with Crippen molar-refractivity contribution in [3.8, 4) is 0 Å². The molecule has 1 aliphatic carbocycles. The lowest BCUT2D eigenvalue weighted by Crippen LogP contribution is -2.32. The Labute approximate surface area is 120 Å². The Morgan fingerprint density at radius 2 is 2.00 bits per heavy atom. The van der Waals surface area contributed by atoms with Crippen LogP contribution in [0.3, 0.4) is 0 Å². The third-order valence-electron chi connectivity index (χ3n) is 4.12. The smallest absolute Gasteiger partial charge is 0.142 e. The predicted octanol–water partition coefficient (Wildman–Crippen LogP) is 4.93. The maximum absolute atomic E-state index is 13.3. The maximum Gasteiger partial charge on any atom is 0.142 e. The van der Waals surface area contributed by atoms with E-state index in [9.17, 15) is 4.39 Å². The summed E-state index contributed by atoms with van der Waals surface area (Å²) in [6, 6.07) is 5.64. The number of benzene rings is 1. The van der Waals surface area contributed by atoms with Crippen molar-refractivity contribution >= 4 is 11.6 Å². The molecule has 0 amide bonds. The van der Waals surface area contributed by atoms with Crippen LogP contribution in [0.25, 0.3) is 0 Å². The van der Waals surface area contributed by atoms with Crippen molar-refractivity contribution in [3.63, 3.8) is 0 Å². The topological polar surface area (TPSA) is 12.0 Å². The molecule has 0 atom stereocenters. The summed E-state index contributed by atoms with van der Waals surface area (Å²) in [7, 11) is 0. The molecule has 1 saturated carbocycles. The summed E-state index contributed by atoms with van der Waals surface area (Å²) in [4.78, 5) is 0. The molecule has 1 aliphatic rings. The second-order valence-corrected chi connectivity index (χ2v) is 6.04. The zero-order valence-electron chi connectivity index (χ0n) is 11.6. The average molecular weight is 284 g/mol. The Bertz CT molecular complexity index is 400. The molecule has 0 aromatic heterocycles. The van der Waals surface area contributed by atoms with Crippen LogP contribution in [0, 0.1) is 11.7 Å². The molecule has 0 radical (unpaired) electrons. The van der Waals surface area contributed by atoms with E-state index in [0.29, 0.717) is 6.04 Å². The Hall–Kier alpha value is -0.600. The van der Waals surface area contributed by atoms with Gasteiger partial charge in [0.15, 0.2) is 0 Å². The van der Waals surface area contributed by atoms with Crippen LogP contribution < -0.4 is 5.32 Å². The zero-order valence-corrected chi connectivity index (χ0v) is 12.3. The molecule has 1 N–H and O–H groups in total. The van der Waals surface area contributed by atoms with E-state index in [-0.39, 0.29) is 10.8 Å². The third kappa shape index (κ3) is 4.47. The van der Waals surface area contributed by atoms with Crippen molar-refractivity contribution in [3.05, 3.63) is 34.6 Å². The zero-order chi connectivity index (χ0) is 13.7. The average Bonchev–Trinajstić information content (AvgIpc) is 2.42. The normalized spacial score (nSPS) is 23.5. The highest BCUT2D eigenvalue weighted by molar-refractivity contribution is 6.30. The molecule has 19 heavy (non-hydrogen) atoms. The second-order valence-electron chi connectivity index (χ2n) is 5.64. The van der Waals surface area contributed by atoms with Crippen LogP contribution in [0.15, 0.2) is 18.2 Å². The van der Waals surface area contributed by atoms with Crippen LogP contribution in [0.2, 0.25) is 5.02 Å². The highest BCUT2D eigenvalue weighted by Gasteiger charge is 2.19. The van der Waals surface area contributed by atoms with Gasteiger partial charge in [-0.25, -0.2) is 4.39 Å². The molecule has 0 bridgehead atoms. The van der Waals surface area contributed by atoms with Crippen molar-refractivity contribution in [1.82, 2.24) is 5.32 Å². The van der Waals surface area contributed by atoms with E-state index in [1.165, 1.54) is 44.6 Å². The molecule has 0 heterocycles. The summed E-state index contributed by atoms with van der Waals surface area (Å²) in [6.45, 7) is 3.00. The fourth-order valence-corrected chi connectivity index (χ4v) is 3.09. The Balaban J connectivity index is 1.75. The first-order valence-corrected chi connectivity index (χ1v) is 7.74. The molecule has 1 nitrogen and oxygen atoms in total. The van der Waals surface area contributed by atoms with E-state index in [1.807, 2.05) is 6.07 Å². The van der Waals surface area contributed by atoms with Gasteiger partial charge in [-0.2, -0.15) is 0 Å². The summed E-state index contributed by atoms with van der Waals surface area (Å²) in [5.74, 6) is 0.601. The van der Waals surface area contributed by atoms with Gasteiger partial charge in [-0.3, -0.25) is 0 Å². The van der Waals surface area contributed by atoms with Crippen molar-refractivity contribution in [2.75, 3.05) is 0 Å². The number of hydrogen-bond acceptors (Lipinski definition) is 1. The van der Waals surface area contributed by atoms with Gasteiger partial charge >= 0.3 is 0 Å². The Morgan fingerprint density at radius 3 is 2.63 bits per heavy atom. The van der Waals surface area contributed by atoms with E-state index in [4.69, 9.17) is 11.6 Å². The van der Waals surface area contributed by atoms with Gasteiger partial charge in [-0.15, -0.1) is 0 Å². The lowest BCUT2D eigenvalue weighted by atomic mass is 9.83. The molecular formula is C16H23ClFN. The lowest BCUT2D eigenvalue weighted by molar-refractivity contribution is 0.277. The van der Waals surface area contributed by atoms with Gasteiger partial charge in [0.2, 0.25) is 0 Å². The molecule has 0 unspecified atom stereocenters. The minimum atomic E-state index is -0.326. The molecule has 1 aromatic rings. The molecule has 0 aliphatic heterocycles. The largest absolute Gasteiger partial charge is 0.310 e. The number of hydrogen-bond donors (Lipinski definition) is 1. The molecule has 3 heteroatoms. The first-order chi connectivity index (χ1) is 9.19. The highest BCUT2D eigenvalue weighted by Crippen LogP contribution is 2.27. The highest BCUT2D eigenvalue weighted by atomic mass is 35.5. The van der Waals surface area contributed by atoms with Gasteiger partial charge < -0.3 is 5.32 Å². The Kier molecular flexibility index (Phi) is 5.65. The van der Waals surface area contributed by atoms with Crippen molar-refractivity contribution < 1.29 is 4.39 Å². The van der Waals surface area contributed by atoms with Crippen molar-refractivity contribution in [1.29, 1.82) is 0 Å². The van der Waals surface area contributed by atoms with Crippen LogP contribution in [0.4, 0.5) is 4.39 Å². The van der Waals surface area contributed by atoms with Gasteiger partial charge in [0.1, 0.15) is 5.82 Å². The fraction of sp³-hybridized carbons (Fsp3) is 0.625. The molecule has 2 rings (SSSR count). The summed E-state index contributed by atoms with van der Waals surface area (Å²) in [6.07, 6.45) is 7.84. The molecule has 106 valence electrons. The van der Waals surface area contributed by atoms with Gasteiger partial charge in [0, 0.05) is 12.6 Å². The minimum Gasteiger partial charge on any atom is -0.310 e. The van der Waals surface area contributed by atoms with Gasteiger partial charge in [0.25, 0.3) is 0 Å². The lowest BCUT2D eigenvalue weighted by Gasteiger charge is -2.29. The maximum atomic E-state index is 13.3. The van der Waals surface area contributed by atoms with Gasteiger partial charge in [0.05, 0.1) is 5.02 Å². The van der Waals surface area contributed by atoms with E-state index >= 15 is 0 Å². The molecular weight excluding hydrogens is 261 g/mol. The van der Waals surface area contributed by atoms with Gasteiger partial charge in [-0.05, 0) is 49.3 Å². The van der Waals surface area contributed by atoms with Crippen LogP contribution in [0.1, 0.15) is 51.0 Å². The van der Waals surface area contributed by atoms with E-state index in [2.05, 4.69) is 12.2 Å². The number of rotatable bonds is 5. The van der Waals surface area contributed by atoms with Crippen LogP contribution in [0.5, 0.6) is 0 Å². The monoisotopic (exact) mass is 283 g/mol. The molecule has 1 aromatic carbocycles. The summed E-state index contributed by atoms with van der Waals surface area (Å²) in [5, 5.41) is 3.74. The molecule has 1 fully saturated rings. The van der Waals surface area contributed by atoms with E-state index < -0.39 is 0 Å². The third-order valence-corrected chi connectivity index (χ3v) is 4.43. The minimum absolute atomic E-state index is 0.198. The van der Waals surface area contributed by atoms with Gasteiger partial charge in [-0.1, -0.05) is 37.4 Å². The number of halogens is 2. The molecule has 0 saturated heterocycles. The summed E-state index contributed by atoms with van der Waals surface area (Å²) in [5.41, 5.74) is 0.970. The fourth-order valence-electron chi connectivity index (χ4n) is 2.98. The van der Waals surface area contributed by atoms with E-state index in [1.54, 1.807) is 6.07 Å². The SMILES string of the molecule is CCCC1CCC(NCc2ccc(Cl)c(F)c2)CC1. The second kappa shape index (κ2) is 7.25.